The molecule has 48 heavy (non-hydrogen) atoms. The third kappa shape index (κ3) is 10.3. The monoisotopic (exact) mass is 678 g/mol. The number of esters is 1. The van der Waals surface area contributed by atoms with Crippen LogP contribution in [0.5, 0.6) is 0 Å². The second kappa shape index (κ2) is 17.9. The summed E-state index contributed by atoms with van der Waals surface area (Å²) in [7, 11) is -3.45. The van der Waals surface area contributed by atoms with E-state index in [-0.39, 0.29) is 24.5 Å². The van der Waals surface area contributed by atoms with E-state index in [9.17, 15) is 19.3 Å². The van der Waals surface area contributed by atoms with Crippen molar-refractivity contribution in [1.29, 1.82) is 0 Å². The molecular weight excluding hydrogens is 627 g/mol. The molecule has 3 aromatic rings. The van der Waals surface area contributed by atoms with E-state index in [2.05, 4.69) is 28.6 Å². The predicted molar refractivity (Wildman–Crippen MR) is 189 cm³/mol. The standard InChI is InChI=1S/C19H22N2O.C19H29O6P/c1-2-13-12-21-10-8-14(13)11-18(21)19(22)16-7-9-20-17-6-4-3-5-15(16)17;1-4-18(22)24-19(15(2)3)25-26(23,14-17(20)21)13-9-8-12-16-10-6-5-7-11-16/h2-7,9,13-14,18-19,22H,1,8,10-12H2;5-7,10-11,15,19H,4,8-9,12-14H2,1-3H3,(H,20,21)/t13-,14-,18-,19+;19-,26?/m00/s1. The third-order valence-corrected chi connectivity index (χ3v) is 11.7. The van der Waals surface area contributed by atoms with Gasteiger partial charge in [0.25, 0.3) is 0 Å². The number of carboxylic acids is 1. The summed E-state index contributed by atoms with van der Waals surface area (Å²) in [6, 6.07) is 20.2. The van der Waals surface area contributed by atoms with Crippen molar-refractivity contribution in [1.82, 2.24) is 9.88 Å². The maximum Gasteiger partial charge on any atom is 0.313 e. The molecule has 2 bridgehead atoms. The molecule has 7 atom stereocenters. The van der Waals surface area contributed by atoms with E-state index in [1.807, 2.05) is 60.8 Å². The molecular formula is C38H51N2O7P. The number of hydrogen-bond donors (Lipinski definition) is 2. The van der Waals surface area contributed by atoms with E-state index < -0.39 is 37.9 Å². The Bertz CT molecular complexity index is 1540. The van der Waals surface area contributed by atoms with E-state index in [1.54, 1.807) is 20.8 Å². The fourth-order valence-electron chi connectivity index (χ4n) is 6.67. The maximum atomic E-state index is 13.0. The van der Waals surface area contributed by atoms with Gasteiger partial charge in [-0.2, -0.15) is 0 Å². The number of para-hydroxylation sites is 1. The summed E-state index contributed by atoms with van der Waals surface area (Å²) >= 11 is 0. The largest absolute Gasteiger partial charge is 0.481 e. The van der Waals surface area contributed by atoms with Crippen molar-refractivity contribution < 1.29 is 33.6 Å². The van der Waals surface area contributed by atoms with Crippen LogP contribution < -0.4 is 0 Å². The van der Waals surface area contributed by atoms with Crippen molar-refractivity contribution in [3.8, 4) is 0 Å². The first kappa shape index (κ1) is 37.5. The van der Waals surface area contributed by atoms with Crippen LogP contribution in [0.2, 0.25) is 0 Å². The Kier molecular flexibility index (Phi) is 13.9. The fourth-order valence-corrected chi connectivity index (χ4v) is 8.79. The molecule has 3 aliphatic rings. The maximum absolute atomic E-state index is 13.0. The molecule has 4 heterocycles. The zero-order valence-corrected chi connectivity index (χ0v) is 29.3. The van der Waals surface area contributed by atoms with Crippen LogP contribution in [-0.4, -0.2) is 69.8 Å². The van der Waals surface area contributed by atoms with Gasteiger partial charge >= 0.3 is 11.9 Å². The second-order valence-corrected chi connectivity index (χ2v) is 15.8. The van der Waals surface area contributed by atoms with Crippen LogP contribution in [0.1, 0.15) is 70.1 Å². The van der Waals surface area contributed by atoms with Gasteiger partial charge in [0, 0.05) is 42.7 Å². The molecule has 0 spiro atoms. The van der Waals surface area contributed by atoms with Gasteiger partial charge in [-0.15, -0.1) is 6.58 Å². The van der Waals surface area contributed by atoms with Crippen molar-refractivity contribution in [2.75, 3.05) is 25.4 Å². The van der Waals surface area contributed by atoms with Crippen molar-refractivity contribution in [3.63, 3.8) is 0 Å². The minimum atomic E-state index is -3.45. The van der Waals surface area contributed by atoms with Crippen molar-refractivity contribution >= 4 is 30.2 Å². The first-order chi connectivity index (χ1) is 23.0. The lowest BCUT2D eigenvalue weighted by Crippen LogP contribution is -2.54. The first-order valence-corrected chi connectivity index (χ1v) is 19.1. The summed E-state index contributed by atoms with van der Waals surface area (Å²) < 4.78 is 23.8. The summed E-state index contributed by atoms with van der Waals surface area (Å²) in [5.74, 6) is -0.603. The van der Waals surface area contributed by atoms with Gasteiger partial charge in [-0.3, -0.25) is 28.6 Å². The molecule has 3 saturated heterocycles. The zero-order chi connectivity index (χ0) is 34.7. The minimum Gasteiger partial charge on any atom is -0.481 e. The topological polar surface area (TPSA) is 126 Å². The smallest absolute Gasteiger partial charge is 0.313 e. The first-order valence-electron chi connectivity index (χ1n) is 17.1. The number of aliphatic hydroxyl groups is 1. The Morgan fingerprint density at radius 3 is 2.48 bits per heavy atom. The summed E-state index contributed by atoms with van der Waals surface area (Å²) in [6.07, 6.45) is 6.70. The number of hydrogen-bond acceptors (Lipinski definition) is 8. The minimum absolute atomic E-state index is 0.152. The number of rotatable bonds is 15. The Morgan fingerprint density at radius 2 is 1.83 bits per heavy atom. The lowest BCUT2D eigenvalue weighted by Gasteiger charge is -2.50. The molecule has 3 aliphatic heterocycles. The number of aryl methyl sites for hydroxylation is 1. The van der Waals surface area contributed by atoms with Crippen LogP contribution in [0.3, 0.4) is 0 Å². The van der Waals surface area contributed by atoms with Gasteiger partial charge in [-0.05, 0) is 73.7 Å². The molecule has 0 radical (unpaired) electrons. The Balaban J connectivity index is 0.000000219. The fraction of sp³-hybridized carbons (Fsp3) is 0.500. The van der Waals surface area contributed by atoms with E-state index in [0.717, 1.165) is 48.8 Å². The molecule has 2 unspecified atom stereocenters. The molecule has 1 aromatic heterocycles. The van der Waals surface area contributed by atoms with Gasteiger partial charge < -0.3 is 14.9 Å². The highest BCUT2D eigenvalue weighted by molar-refractivity contribution is 7.59. The number of piperidine rings is 3. The SMILES string of the molecule is C=C[C@H]1CN2CC[C@H]1C[C@H]2[C@H](O)c1ccnc2ccccc12.CCC(=O)O[C@@H](OP(=O)(CCCCc1ccccc1)CC(=O)O)C(C)C. The molecule has 0 amide bonds. The Labute approximate surface area is 284 Å². The van der Waals surface area contributed by atoms with E-state index >= 15 is 0 Å². The normalized spacial score (nSPS) is 22.6. The number of carboxylic acid groups (broad SMARTS) is 1. The Morgan fingerprint density at radius 1 is 1.10 bits per heavy atom. The van der Waals surface area contributed by atoms with Gasteiger partial charge in [0.05, 0.1) is 11.6 Å². The number of ether oxygens (including phenoxy) is 1. The number of aliphatic hydroxyl groups excluding tert-OH is 1. The number of nitrogens with zero attached hydrogens (tertiary/aromatic N) is 2. The number of pyridine rings is 1. The average Bonchev–Trinajstić information content (AvgIpc) is 3.09. The highest BCUT2D eigenvalue weighted by Crippen LogP contribution is 2.50. The van der Waals surface area contributed by atoms with Crippen molar-refractivity contribution in [3.05, 3.63) is 90.6 Å². The number of aromatic nitrogens is 1. The van der Waals surface area contributed by atoms with Gasteiger partial charge in [0.15, 0.2) is 0 Å². The molecule has 6 rings (SSSR count). The number of carbonyl (C=O) groups excluding carboxylic acids is 1. The number of fused-ring (bicyclic) bond motifs is 4. The molecule has 0 aliphatic carbocycles. The van der Waals surface area contributed by atoms with Gasteiger partial charge in [-0.1, -0.05) is 75.4 Å². The zero-order valence-electron chi connectivity index (χ0n) is 28.4. The lowest BCUT2D eigenvalue weighted by atomic mass is 9.73. The molecule has 10 heteroatoms. The molecule has 260 valence electrons. The van der Waals surface area contributed by atoms with Crippen LogP contribution in [0.25, 0.3) is 10.9 Å². The number of unbranched alkanes of at least 4 members (excludes halogenated alkanes) is 1. The van der Waals surface area contributed by atoms with Gasteiger partial charge in [0.1, 0.15) is 6.16 Å². The van der Waals surface area contributed by atoms with E-state index in [1.165, 1.54) is 12.0 Å². The number of benzene rings is 2. The predicted octanol–water partition coefficient (Wildman–Crippen LogP) is 7.49. The van der Waals surface area contributed by atoms with Crippen LogP contribution in [0, 0.1) is 17.8 Å². The summed E-state index contributed by atoms with van der Waals surface area (Å²) in [6.45, 7) is 11.3. The summed E-state index contributed by atoms with van der Waals surface area (Å²) in [5.41, 5.74) is 3.15. The number of aliphatic carboxylic acids is 1. The molecule has 3 fully saturated rings. The highest BCUT2D eigenvalue weighted by Gasteiger charge is 2.42. The third-order valence-electron chi connectivity index (χ3n) is 9.33. The highest BCUT2D eigenvalue weighted by atomic mass is 31.2. The van der Waals surface area contributed by atoms with Crippen LogP contribution in [0.4, 0.5) is 0 Å². The van der Waals surface area contributed by atoms with Crippen molar-refractivity contribution in [2.24, 2.45) is 17.8 Å². The Hall–Kier alpha value is -3.36. The van der Waals surface area contributed by atoms with Gasteiger partial charge in [0.2, 0.25) is 13.7 Å². The van der Waals surface area contributed by atoms with Crippen LogP contribution in [-0.2, 0) is 29.8 Å². The van der Waals surface area contributed by atoms with Crippen molar-refractivity contribution in [2.45, 2.75) is 77.7 Å². The molecule has 0 saturated carbocycles. The average molecular weight is 679 g/mol. The van der Waals surface area contributed by atoms with Crippen LogP contribution >= 0.6 is 7.37 Å². The lowest BCUT2D eigenvalue weighted by molar-refractivity contribution is -0.169. The summed E-state index contributed by atoms with van der Waals surface area (Å²) in [4.78, 5) is 29.5. The quantitative estimate of drug-likeness (QED) is 0.0553. The van der Waals surface area contributed by atoms with E-state index in [4.69, 9.17) is 14.4 Å². The molecule has 2 N–H and O–H groups in total. The van der Waals surface area contributed by atoms with E-state index in [0.29, 0.717) is 18.3 Å². The second-order valence-electron chi connectivity index (χ2n) is 13.2. The summed E-state index contributed by atoms with van der Waals surface area (Å²) in [5, 5.41) is 21.2. The number of carbonyl (C=O) groups is 2. The van der Waals surface area contributed by atoms with Gasteiger partial charge in [-0.25, -0.2) is 0 Å². The molecule has 2 aromatic carbocycles. The van der Waals surface area contributed by atoms with Crippen LogP contribution in [0.15, 0.2) is 79.5 Å². The molecule has 9 nitrogen and oxygen atoms in total.